The molecule has 1 saturated heterocycles. The summed E-state index contributed by atoms with van der Waals surface area (Å²) < 4.78 is 17.7. The van der Waals surface area contributed by atoms with Crippen LogP contribution in [0.1, 0.15) is 316 Å². The molecule has 92 heavy (non-hydrogen) atoms. The van der Waals surface area contributed by atoms with E-state index in [2.05, 4.69) is 135 Å². The second-order valence-electron chi connectivity index (χ2n) is 25.6. The van der Waals surface area contributed by atoms with E-state index in [1.165, 1.54) is 141 Å². The molecule has 0 spiro atoms. The smallest absolute Gasteiger partial charge is 0.306 e. The Bertz CT molecular complexity index is 1970. The summed E-state index contributed by atoms with van der Waals surface area (Å²) in [5, 5.41) is 57.4. The number of aliphatic hydroxyl groups excluding tert-OH is 5. The average Bonchev–Trinajstić information content (AvgIpc) is 0.875. The quantitative estimate of drug-likeness (QED) is 0.0195. The number of aliphatic hydroxyl groups is 5. The van der Waals surface area contributed by atoms with Gasteiger partial charge in [0.25, 0.3) is 0 Å². The van der Waals surface area contributed by atoms with Gasteiger partial charge in [-0.1, -0.05) is 316 Å². The minimum absolute atomic E-state index is 0.101. The van der Waals surface area contributed by atoms with Crippen molar-refractivity contribution in [2.24, 2.45) is 0 Å². The summed E-state index contributed by atoms with van der Waals surface area (Å²) in [6, 6.07) is -1.04. The Kier molecular flexibility index (Phi) is 62.7. The van der Waals surface area contributed by atoms with Crippen LogP contribution in [0.3, 0.4) is 0 Å². The van der Waals surface area contributed by atoms with Crippen LogP contribution in [-0.4, -0.2) is 99.6 Å². The highest BCUT2D eigenvalue weighted by molar-refractivity contribution is 5.80. The van der Waals surface area contributed by atoms with E-state index >= 15 is 0 Å². The number of unbranched alkanes of at least 4 members (excludes halogenated alkanes) is 32. The van der Waals surface area contributed by atoms with Crippen molar-refractivity contribution in [1.29, 1.82) is 0 Å². The van der Waals surface area contributed by atoms with Gasteiger partial charge in [-0.25, -0.2) is 0 Å². The van der Waals surface area contributed by atoms with Crippen LogP contribution in [0.2, 0.25) is 0 Å². The van der Waals surface area contributed by atoms with Crippen molar-refractivity contribution >= 4 is 11.9 Å². The lowest BCUT2D eigenvalue weighted by Crippen LogP contribution is -2.61. The SMILES string of the molecule is CC/C=C\C/C=C\C/C=C\C/C=C\C/C=C\C/C=C\CCCCCCCCC(=O)OC1C(OCC(NC(=O)C(O)CCCCCCCCCCCCCCC/C=C\C/C=C\C/C=C\CCCCC)C(O)/C=C/CCCCCCCCCCCC)OC(CO)C(O)C1O. The summed E-state index contributed by atoms with van der Waals surface area (Å²) in [5.74, 6) is -1.21. The summed E-state index contributed by atoms with van der Waals surface area (Å²) in [5.41, 5.74) is 0. The van der Waals surface area contributed by atoms with Crippen LogP contribution in [-0.2, 0) is 23.8 Å². The van der Waals surface area contributed by atoms with Crippen molar-refractivity contribution in [3.05, 3.63) is 122 Å². The van der Waals surface area contributed by atoms with E-state index in [4.69, 9.17) is 14.2 Å². The van der Waals surface area contributed by atoms with Gasteiger partial charge in [0.05, 0.1) is 25.4 Å². The number of carbonyl (C=O) groups is 2. The molecule has 1 aliphatic heterocycles. The molecule has 0 aromatic carbocycles. The molecule has 1 amide bonds. The second kappa shape index (κ2) is 67.1. The third kappa shape index (κ3) is 53.3. The third-order valence-electron chi connectivity index (χ3n) is 17.1. The molecular formula is C81H139NO10. The van der Waals surface area contributed by atoms with Crippen molar-refractivity contribution in [1.82, 2.24) is 5.32 Å². The van der Waals surface area contributed by atoms with E-state index in [1.807, 2.05) is 6.08 Å². The fourth-order valence-electron chi connectivity index (χ4n) is 11.2. The fourth-order valence-corrected chi connectivity index (χ4v) is 11.2. The number of hydrogen-bond donors (Lipinski definition) is 6. The fraction of sp³-hybridized carbons (Fsp3) is 0.728. The third-order valence-corrected chi connectivity index (χ3v) is 17.1. The normalized spacial score (nSPS) is 18.6. The van der Waals surface area contributed by atoms with E-state index in [-0.39, 0.29) is 19.4 Å². The Balaban J connectivity index is 2.55. The van der Waals surface area contributed by atoms with E-state index in [0.29, 0.717) is 12.8 Å². The van der Waals surface area contributed by atoms with Gasteiger partial charge in [-0.3, -0.25) is 9.59 Å². The monoisotopic (exact) mass is 1290 g/mol. The molecule has 0 aromatic heterocycles. The first kappa shape index (κ1) is 86.1. The highest BCUT2D eigenvalue weighted by Gasteiger charge is 2.47. The largest absolute Gasteiger partial charge is 0.454 e. The van der Waals surface area contributed by atoms with Crippen molar-refractivity contribution in [3.63, 3.8) is 0 Å². The summed E-state index contributed by atoms with van der Waals surface area (Å²) >= 11 is 0. The first-order valence-corrected chi connectivity index (χ1v) is 37.8. The van der Waals surface area contributed by atoms with Crippen molar-refractivity contribution < 1.29 is 49.3 Å². The summed E-state index contributed by atoms with van der Waals surface area (Å²) in [6.45, 7) is 5.67. The first-order chi connectivity index (χ1) is 45.2. The molecule has 0 aliphatic carbocycles. The van der Waals surface area contributed by atoms with Crippen LogP contribution in [0, 0.1) is 0 Å². The highest BCUT2D eigenvalue weighted by atomic mass is 16.7. The Morgan fingerprint density at radius 3 is 1.20 bits per heavy atom. The van der Waals surface area contributed by atoms with Crippen LogP contribution >= 0.6 is 0 Å². The molecule has 1 aliphatic rings. The molecule has 1 rings (SSSR count). The molecule has 0 radical (unpaired) electrons. The molecule has 1 fully saturated rings. The van der Waals surface area contributed by atoms with Crippen molar-refractivity contribution in [3.8, 4) is 0 Å². The minimum Gasteiger partial charge on any atom is -0.454 e. The number of rotatable bonds is 64. The number of esters is 1. The van der Waals surface area contributed by atoms with Crippen LogP contribution < -0.4 is 5.32 Å². The Hall–Kier alpha value is -3.94. The van der Waals surface area contributed by atoms with Crippen LogP contribution in [0.4, 0.5) is 0 Å². The zero-order valence-electron chi connectivity index (χ0n) is 58.9. The molecule has 8 atom stereocenters. The van der Waals surface area contributed by atoms with Crippen LogP contribution in [0.5, 0.6) is 0 Å². The predicted octanol–water partition coefficient (Wildman–Crippen LogP) is 20.1. The van der Waals surface area contributed by atoms with Crippen molar-refractivity contribution in [2.75, 3.05) is 13.2 Å². The molecular weight excluding hydrogens is 1150 g/mol. The maximum atomic E-state index is 13.5. The van der Waals surface area contributed by atoms with Gasteiger partial charge in [-0.15, -0.1) is 0 Å². The van der Waals surface area contributed by atoms with Gasteiger partial charge >= 0.3 is 5.97 Å². The molecule has 1 heterocycles. The van der Waals surface area contributed by atoms with Gasteiger partial charge in [-0.05, 0) is 116 Å². The van der Waals surface area contributed by atoms with E-state index in [9.17, 15) is 35.1 Å². The minimum atomic E-state index is -1.63. The van der Waals surface area contributed by atoms with Crippen LogP contribution in [0.25, 0.3) is 0 Å². The number of hydrogen-bond acceptors (Lipinski definition) is 10. The summed E-state index contributed by atoms with van der Waals surface area (Å²) in [7, 11) is 0. The number of allylic oxidation sites excluding steroid dienone is 19. The number of carbonyl (C=O) groups excluding carboxylic acids is 2. The lowest BCUT2D eigenvalue weighted by molar-refractivity contribution is -0.305. The number of nitrogens with one attached hydrogen (secondary N) is 1. The van der Waals surface area contributed by atoms with Gasteiger partial charge in [0, 0.05) is 6.42 Å². The van der Waals surface area contributed by atoms with Crippen LogP contribution in [0.15, 0.2) is 122 Å². The Morgan fingerprint density at radius 1 is 0.435 bits per heavy atom. The van der Waals surface area contributed by atoms with Gasteiger partial charge in [0.1, 0.15) is 24.4 Å². The second-order valence-corrected chi connectivity index (χ2v) is 25.6. The predicted molar refractivity (Wildman–Crippen MR) is 388 cm³/mol. The van der Waals surface area contributed by atoms with E-state index in [1.54, 1.807) is 6.08 Å². The molecule has 11 nitrogen and oxygen atoms in total. The zero-order chi connectivity index (χ0) is 66.7. The molecule has 0 saturated carbocycles. The van der Waals surface area contributed by atoms with Gasteiger partial charge in [0.15, 0.2) is 12.4 Å². The maximum Gasteiger partial charge on any atom is 0.306 e. The standard InChI is InChI=1S/C81H139NO10/c1-4-7-10-13-16-19-22-25-27-29-31-33-35-37-39-40-42-44-46-48-50-53-56-59-62-65-68-74(85)80(89)82-72(73(84)67-64-61-58-55-52-24-21-18-15-12-9-6-3)71-90-81-79(78(88)77(87)75(70-83)91-81)92-76(86)69-66-63-60-57-54-51-49-47-45-43-41-38-36-34-32-30-28-26-23-20-17-14-11-8-5-2/h8,11,16-17,19-20,25-28,31-34,38,41,45,47,64,67,72-75,77-79,81,83-85,87-88H,4-7,9-10,12-15,18,21-24,29-30,35-37,39-40,42-44,46,48-63,65-66,68-71H2,1-3H3,(H,82,89)/b11-8-,19-16-,20-17-,27-25-,28-26-,33-31-,34-32-,41-38-,47-45-,67-64+. The first-order valence-electron chi connectivity index (χ1n) is 37.8. The number of ether oxygens (including phenoxy) is 3. The molecule has 8 unspecified atom stereocenters. The Morgan fingerprint density at radius 2 is 0.783 bits per heavy atom. The molecule has 0 aromatic rings. The molecule has 6 N–H and O–H groups in total. The summed E-state index contributed by atoms with van der Waals surface area (Å²) in [6.07, 6.45) is 83.8. The lowest BCUT2D eigenvalue weighted by atomic mass is 9.99. The average molecular weight is 1290 g/mol. The van der Waals surface area contributed by atoms with Gasteiger partial charge < -0.3 is 45.1 Å². The molecule has 528 valence electrons. The maximum absolute atomic E-state index is 13.5. The van der Waals surface area contributed by atoms with E-state index in [0.717, 1.165) is 128 Å². The zero-order valence-corrected chi connectivity index (χ0v) is 58.9. The van der Waals surface area contributed by atoms with Gasteiger partial charge in [0.2, 0.25) is 5.91 Å². The molecule has 0 bridgehead atoms. The van der Waals surface area contributed by atoms with Crippen molar-refractivity contribution in [2.45, 2.75) is 365 Å². The topological polar surface area (TPSA) is 175 Å². The number of amides is 1. The molecule has 11 heteroatoms. The Labute approximate surface area is 563 Å². The summed E-state index contributed by atoms with van der Waals surface area (Å²) in [4.78, 5) is 26.7. The highest BCUT2D eigenvalue weighted by Crippen LogP contribution is 2.26. The lowest BCUT2D eigenvalue weighted by Gasteiger charge is -2.41. The van der Waals surface area contributed by atoms with E-state index < -0.39 is 67.4 Å². The van der Waals surface area contributed by atoms with Gasteiger partial charge in [-0.2, -0.15) is 0 Å².